The molecule has 2 aliphatic heterocycles. The van der Waals surface area contributed by atoms with Gasteiger partial charge in [0.05, 0.1) is 24.9 Å². The van der Waals surface area contributed by atoms with Gasteiger partial charge in [0, 0.05) is 39.3 Å². The van der Waals surface area contributed by atoms with E-state index in [1.54, 1.807) is 17.0 Å². The number of rotatable bonds is 4. The minimum atomic E-state index is -3.56. The first-order valence-electron chi connectivity index (χ1n) is 9.57. The summed E-state index contributed by atoms with van der Waals surface area (Å²) in [5, 5.41) is 0. The first-order chi connectivity index (χ1) is 13.2. The molecule has 1 aromatic rings. The molecule has 0 radical (unpaired) electrons. The van der Waals surface area contributed by atoms with Crippen LogP contribution < -0.4 is 4.74 Å². The lowest BCUT2D eigenvalue weighted by Gasteiger charge is -2.40. The number of amides is 1. The van der Waals surface area contributed by atoms with E-state index in [4.69, 9.17) is 9.47 Å². The number of benzene rings is 1. The van der Waals surface area contributed by atoms with Gasteiger partial charge in [0.25, 0.3) is 16.1 Å². The number of ether oxygens (including phenoxy) is 2. The van der Waals surface area contributed by atoms with Crippen LogP contribution in [-0.4, -0.2) is 86.4 Å². The average molecular weight is 412 g/mol. The van der Waals surface area contributed by atoms with Crippen molar-refractivity contribution in [3.8, 4) is 5.75 Å². The molecule has 28 heavy (non-hydrogen) atoms. The van der Waals surface area contributed by atoms with Crippen molar-refractivity contribution in [2.75, 3.05) is 46.4 Å². The predicted octanol–water partition coefficient (Wildman–Crippen LogP) is 1.12. The quantitative estimate of drug-likeness (QED) is 0.742. The monoisotopic (exact) mass is 411 g/mol. The zero-order valence-electron chi connectivity index (χ0n) is 16.9. The molecule has 2 fully saturated rings. The molecule has 2 atom stereocenters. The molecular formula is C19H29N3O5S. The SMILES string of the molecule is COc1ccc(C)cc1C(=O)N1CCN(S(=O)(=O)N2CC(C)OC(C)C2)CC1. The van der Waals surface area contributed by atoms with E-state index >= 15 is 0 Å². The van der Waals surface area contributed by atoms with Crippen molar-refractivity contribution in [3.63, 3.8) is 0 Å². The van der Waals surface area contributed by atoms with Crippen molar-refractivity contribution in [2.45, 2.75) is 33.0 Å². The van der Waals surface area contributed by atoms with E-state index in [0.717, 1.165) is 5.56 Å². The summed E-state index contributed by atoms with van der Waals surface area (Å²) in [6.07, 6.45) is -0.259. The van der Waals surface area contributed by atoms with Crippen LogP contribution in [0.25, 0.3) is 0 Å². The second-order valence-electron chi connectivity index (χ2n) is 7.48. The van der Waals surface area contributed by atoms with E-state index in [-0.39, 0.29) is 31.2 Å². The molecule has 2 heterocycles. The van der Waals surface area contributed by atoms with Crippen molar-refractivity contribution in [2.24, 2.45) is 0 Å². The van der Waals surface area contributed by atoms with Crippen LogP contribution >= 0.6 is 0 Å². The van der Waals surface area contributed by atoms with Crippen molar-refractivity contribution >= 4 is 16.1 Å². The average Bonchev–Trinajstić information content (AvgIpc) is 2.66. The minimum Gasteiger partial charge on any atom is -0.496 e. The normalized spacial score (nSPS) is 24.9. The van der Waals surface area contributed by atoms with Crippen molar-refractivity contribution in [1.82, 2.24) is 13.5 Å². The number of carbonyl (C=O) groups excluding carboxylic acids is 1. The Morgan fingerprint density at radius 3 is 2.25 bits per heavy atom. The number of hydrogen-bond acceptors (Lipinski definition) is 5. The molecule has 0 N–H and O–H groups in total. The van der Waals surface area contributed by atoms with E-state index < -0.39 is 10.2 Å². The van der Waals surface area contributed by atoms with Crippen LogP contribution in [0.15, 0.2) is 18.2 Å². The van der Waals surface area contributed by atoms with Gasteiger partial charge in [-0.15, -0.1) is 0 Å². The fraction of sp³-hybridized carbons (Fsp3) is 0.632. The molecule has 1 amide bonds. The molecule has 1 aromatic carbocycles. The van der Waals surface area contributed by atoms with E-state index in [2.05, 4.69) is 0 Å². The first-order valence-corrected chi connectivity index (χ1v) is 11.0. The van der Waals surface area contributed by atoms with Crippen LogP contribution in [0.2, 0.25) is 0 Å². The Bertz CT molecular complexity index is 811. The third-order valence-corrected chi connectivity index (χ3v) is 7.12. The summed E-state index contributed by atoms with van der Waals surface area (Å²) in [7, 11) is -2.02. The highest BCUT2D eigenvalue weighted by Crippen LogP contribution is 2.23. The first kappa shape index (κ1) is 21.0. The summed E-state index contributed by atoms with van der Waals surface area (Å²) < 4.78 is 39.9. The largest absolute Gasteiger partial charge is 0.496 e. The van der Waals surface area contributed by atoms with Gasteiger partial charge in [-0.05, 0) is 32.9 Å². The van der Waals surface area contributed by atoms with Gasteiger partial charge in [-0.1, -0.05) is 11.6 Å². The standard InChI is InChI=1S/C19H29N3O5S/c1-14-5-6-18(26-4)17(11-14)19(23)20-7-9-21(10-8-20)28(24,25)22-12-15(2)27-16(3)13-22/h5-6,11,15-16H,7-10,12-13H2,1-4H3. The van der Waals surface area contributed by atoms with Gasteiger partial charge < -0.3 is 14.4 Å². The molecule has 0 aliphatic carbocycles. The summed E-state index contributed by atoms with van der Waals surface area (Å²) in [5.74, 6) is 0.396. The van der Waals surface area contributed by atoms with E-state index in [1.807, 2.05) is 26.8 Å². The summed E-state index contributed by atoms with van der Waals surface area (Å²) >= 11 is 0. The summed E-state index contributed by atoms with van der Waals surface area (Å²) in [5.41, 5.74) is 1.48. The molecule has 156 valence electrons. The maximum absolute atomic E-state index is 13.0. The second-order valence-corrected chi connectivity index (χ2v) is 9.41. The molecule has 9 heteroatoms. The maximum atomic E-state index is 13.0. The van der Waals surface area contributed by atoms with Gasteiger partial charge in [-0.3, -0.25) is 4.79 Å². The second kappa shape index (κ2) is 8.36. The van der Waals surface area contributed by atoms with Crippen LogP contribution in [0.4, 0.5) is 0 Å². The molecule has 2 aliphatic rings. The summed E-state index contributed by atoms with van der Waals surface area (Å²) in [4.78, 5) is 14.6. The number of hydrogen-bond donors (Lipinski definition) is 0. The number of nitrogens with zero attached hydrogens (tertiary/aromatic N) is 3. The van der Waals surface area contributed by atoms with Crippen LogP contribution in [0.3, 0.4) is 0 Å². The van der Waals surface area contributed by atoms with E-state index in [0.29, 0.717) is 37.5 Å². The van der Waals surface area contributed by atoms with Gasteiger partial charge >= 0.3 is 0 Å². The summed E-state index contributed by atoms with van der Waals surface area (Å²) in [6, 6.07) is 5.48. The smallest absolute Gasteiger partial charge is 0.282 e. The third kappa shape index (κ3) is 4.32. The highest BCUT2D eigenvalue weighted by molar-refractivity contribution is 7.86. The molecule has 2 saturated heterocycles. The van der Waals surface area contributed by atoms with Crippen LogP contribution in [-0.2, 0) is 14.9 Å². The minimum absolute atomic E-state index is 0.129. The predicted molar refractivity (Wildman–Crippen MR) is 106 cm³/mol. The summed E-state index contributed by atoms with van der Waals surface area (Å²) in [6.45, 7) is 7.65. The Morgan fingerprint density at radius 2 is 1.68 bits per heavy atom. The fourth-order valence-electron chi connectivity index (χ4n) is 3.76. The van der Waals surface area contributed by atoms with Crippen LogP contribution in [0, 0.1) is 6.92 Å². The molecule has 3 rings (SSSR count). The maximum Gasteiger partial charge on any atom is 0.282 e. The molecular weight excluding hydrogens is 382 g/mol. The molecule has 8 nitrogen and oxygen atoms in total. The van der Waals surface area contributed by atoms with Gasteiger partial charge in [-0.25, -0.2) is 0 Å². The highest BCUT2D eigenvalue weighted by atomic mass is 32.2. The Balaban J connectivity index is 1.67. The highest BCUT2D eigenvalue weighted by Gasteiger charge is 2.37. The molecule has 0 spiro atoms. The third-order valence-electron chi connectivity index (χ3n) is 5.15. The Labute approximate surface area is 167 Å². The Morgan fingerprint density at radius 1 is 1.07 bits per heavy atom. The molecule has 2 unspecified atom stereocenters. The van der Waals surface area contributed by atoms with Gasteiger partial charge in [0.2, 0.25) is 0 Å². The Hall–Kier alpha value is -1.68. The van der Waals surface area contributed by atoms with Gasteiger partial charge in [0.15, 0.2) is 0 Å². The Kier molecular flexibility index (Phi) is 6.28. The molecule has 0 aromatic heterocycles. The zero-order chi connectivity index (χ0) is 20.5. The van der Waals surface area contributed by atoms with Gasteiger partial charge in [0.1, 0.15) is 5.75 Å². The number of aryl methyl sites for hydroxylation is 1. The lowest BCUT2D eigenvalue weighted by atomic mass is 10.1. The lowest BCUT2D eigenvalue weighted by Crippen LogP contribution is -2.57. The number of carbonyl (C=O) groups is 1. The van der Waals surface area contributed by atoms with Crippen LogP contribution in [0.5, 0.6) is 5.75 Å². The van der Waals surface area contributed by atoms with Gasteiger partial charge in [-0.2, -0.15) is 17.0 Å². The zero-order valence-corrected chi connectivity index (χ0v) is 17.7. The van der Waals surface area contributed by atoms with Crippen LogP contribution in [0.1, 0.15) is 29.8 Å². The van der Waals surface area contributed by atoms with Crippen molar-refractivity contribution in [1.29, 1.82) is 0 Å². The number of piperazine rings is 1. The van der Waals surface area contributed by atoms with Crippen molar-refractivity contribution < 1.29 is 22.7 Å². The molecule has 0 bridgehead atoms. The molecule has 0 saturated carbocycles. The van der Waals surface area contributed by atoms with E-state index in [9.17, 15) is 13.2 Å². The number of methoxy groups -OCH3 is 1. The van der Waals surface area contributed by atoms with E-state index in [1.165, 1.54) is 15.7 Å². The fourth-order valence-corrected chi connectivity index (χ4v) is 5.51. The topological polar surface area (TPSA) is 79.4 Å². The lowest BCUT2D eigenvalue weighted by molar-refractivity contribution is -0.0457. The number of morpholine rings is 1. The van der Waals surface area contributed by atoms with Crippen molar-refractivity contribution in [3.05, 3.63) is 29.3 Å².